The number of rotatable bonds is 1. The Labute approximate surface area is 74.9 Å². The Morgan fingerprint density at radius 1 is 1.69 bits per heavy atom. The van der Waals surface area contributed by atoms with Crippen molar-refractivity contribution in [3.63, 3.8) is 0 Å². The molecule has 5 heteroatoms. The normalized spacial score (nSPS) is 14.8. The van der Waals surface area contributed by atoms with E-state index in [4.69, 9.17) is 9.84 Å². The van der Waals surface area contributed by atoms with Gasteiger partial charge in [0.2, 0.25) is 5.88 Å². The van der Waals surface area contributed by atoms with E-state index in [-0.39, 0.29) is 5.69 Å². The molecule has 2 rings (SSSR count). The van der Waals surface area contributed by atoms with Gasteiger partial charge in [0.05, 0.1) is 6.61 Å². The van der Waals surface area contributed by atoms with Gasteiger partial charge in [0.1, 0.15) is 0 Å². The van der Waals surface area contributed by atoms with Gasteiger partial charge in [0.25, 0.3) is 0 Å². The molecule has 0 atom stereocenters. The van der Waals surface area contributed by atoms with Crippen LogP contribution >= 0.6 is 0 Å². The molecule has 0 unspecified atom stereocenters. The molecule has 13 heavy (non-hydrogen) atoms. The van der Waals surface area contributed by atoms with Gasteiger partial charge < -0.3 is 9.84 Å². The van der Waals surface area contributed by atoms with Gasteiger partial charge in [-0.05, 0) is 6.92 Å². The zero-order chi connectivity index (χ0) is 9.42. The molecule has 1 aromatic heterocycles. The molecule has 1 N–H and O–H groups in total. The number of carboxylic acids is 1. The number of carbonyl (C=O) groups is 1. The van der Waals surface area contributed by atoms with Gasteiger partial charge in [-0.3, -0.25) is 0 Å². The quantitative estimate of drug-likeness (QED) is 0.693. The Kier molecular flexibility index (Phi) is 1.72. The number of aromatic carboxylic acids is 1. The molecule has 0 aliphatic carbocycles. The zero-order valence-corrected chi connectivity index (χ0v) is 7.28. The standard InChI is InChI=1S/C8H10N2O3/c1-5-6(8(11)12)9-10-3-2-4-13-7(5)10/h2-4H2,1H3,(H,11,12). The molecule has 2 heterocycles. The van der Waals surface area contributed by atoms with E-state index in [1.807, 2.05) is 0 Å². The van der Waals surface area contributed by atoms with Crippen molar-refractivity contribution in [1.29, 1.82) is 0 Å². The first kappa shape index (κ1) is 8.10. The number of nitrogens with zero attached hydrogens (tertiary/aromatic N) is 2. The highest BCUT2D eigenvalue weighted by atomic mass is 16.5. The zero-order valence-electron chi connectivity index (χ0n) is 7.28. The highest BCUT2D eigenvalue weighted by Crippen LogP contribution is 2.24. The van der Waals surface area contributed by atoms with Gasteiger partial charge in [0.15, 0.2) is 5.69 Å². The summed E-state index contributed by atoms with van der Waals surface area (Å²) in [5, 5.41) is 12.7. The van der Waals surface area contributed by atoms with Crippen LogP contribution in [0.25, 0.3) is 0 Å². The molecule has 0 spiro atoms. The van der Waals surface area contributed by atoms with Crippen molar-refractivity contribution in [1.82, 2.24) is 9.78 Å². The molecule has 0 amide bonds. The molecule has 70 valence electrons. The van der Waals surface area contributed by atoms with E-state index in [9.17, 15) is 4.79 Å². The Morgan fingerprint density at radius 3 is 3.08 bits per heavy atom. The topological polar surface area (TPSA) is 64.3 Å². The summed E-state index contributed by atoms with van der Waals surface area (Å²) in [5.41, 5.74) is 0.712. The lowest BCUT2D eigenvalue weighted by molar-refractivity contribution is 0.0688. The number of carboxylic acid groups (broad SMARTS) is 1. The molecular formula is C8H10N2O3. The van der Waals surface area contributed by atoms with E-state index < -0.39 is 5.97 Å². The molecule has 5 nitrogen and oxygen atoms in total. The Balaban J connectivity index is 2.50. The molecule has 0 saturated carbocycles. The summed E-state index contributed by atoms with van der Waals surface area (Å²) < 4.78 is 6.94. The minimum atomic E-state index is -0.997. The monoisotopic (exact) mass is 182 g/mol. The van der Waals surface area contributed by atoms with Crippen molar-refractivity contribution >= 4 is 5.97 Å². The van der Waals surface area contributed by atoms with Crippen LogP contribution in [0.4, 0.5) is 0 Å². The minimum absolute atomic E-state index is 0.0944. The molecule has 0 saturated heterocycles. The van der Waals surface area contributed by atoms with Crippen LogP contribution in [-0.2, 0) is 6.54 Å². The van der Waals surface area contributed by atoms with E-state index in [1.54, 1.807) is 11.6 Å². The molecule has 0 fully saturated rings. The van der Waals surface area contributed by atoms with Gasteiger partial charge in [0, 0.05) is 18.5 Å². The predicted octanol–water partition coefficient (Wildman–Crippen LogP) is 0.672. The number of aromatic nitrogens is 2. The first-order chi connectivity index (χ1) is 6.20. The third kappa shape index (κ3) is 1.16. The maximum absolute atomic E-state index is 10.7. The van der Waals surface area contributed by atoms with Crippen molar-refractivity contribution in [3.8, 4) is 5.88 Å². The van der Waals surface area contributed by atoms with Gasteiger partial charge in [-0.15, -0.1) is 0 Å². The van der Waals surface area contributed by atoms with Crippen LogP contribution in [0, 0.1) is 6.92 Å². The average molecular weight is 182 g/mol. The number of hydrogen-bond acceptors (Lipinski definition) is 3. The van der Waals surface area contributed by atoms with Crippen molar-refractivity contribution in [3.05, 3.63) is 11.3 Å². The molecular weight excluding hydrogens is 172 g/mol. The fourth-order valence-electron chi connectivity index (χ4n) is 1.46. The predicted molar refractivity (Wildman–Crippen MR) is 44.0 cm³/mol. The fraction of sp³-hybridized carbons (Fsp3) is 0.500. The summed E-state index contributed by atoms with van der Waals surface area (Å²) in [6.07, 6.45) is 0.882. The first-order valence-corrected chi connectivity index (χ1v) is 4.13. The van der Waals surface area contributed by atoms with Crippen LogP contribution in [0.5, 0.6) is 5.88 Å². The van der Waals surface area contributed by atoms with Gasteiger partial charge >= 0.3 is 5.97 Å². The van der Waals surface area contributed by atoms with Crippen molar-refractivity contribution < 1.29 is 14.6 Å². The molecule has 0 bridgehead atoms. The number of hydrogen-bond donors (Lipinski definition) is 1. The van der Waals surface area contributed by atoms with Crippen molar-refractivity contribution in [2.75, 3.05) is 6.61 Å². The van der Waals surface area contributed by atoms with Crippen molar-refractivity contribution in [2.45, 2.75) is 19.9 Å². The lowest BCUT2D eigenvalue weighted by Gasteiger charge is -2.14. The summed E-state index contributed by atoms with van der Waals surface area (Å²) >= 11 is 0. The van der Waals surface area contributed by atoms with Gasteiger partial charge in [-0.1, -0.05) is 0 Å². The smallest absolute Gasteiger partial charge is 0.356 e. The largest absolute Gasteiger partial charge is 0.478 e. The van der Waals surface area contributed by atoms with Crippen LogP contribution in [0.15, 0.2) is 0 Å². The van der Waals surface area contributed by atoms with E-state index in [0.717, 1.165) is 13.0 Å². The SMILES string of the molecule is Cc1c(C(=O)O)nn2c1OCCC2. The average Bonchev–Trinajstić information content (AvgIpc) is 2.45. The maximum Gasteiger partial charge on any atom is 0.356 e. The van der Waals surface area contributed by atoms with E-state index >= 15 is 0 Å². The molecule has 0 aromatic carbocycles. The third-order valence-electron chi connectivity index (χ3n) is 2.09. The van der Waals surface area contributed by atoms with Crippen LogP contribution < -0.4 is 4.74 Å². The van der Waals surface area contributed by atoms with E-state index in [0.29, 0.717) is 18.1 Å². The van der Waals surface area contributed by atoms with Gasteiger partial charge in [-0.25, -0.2) is 9.48 Å². The van der Waals surface area contributed by atoms with Crippen molar-refractivity contribution in [2.24, 2.45) is 0 Å². The van der Waals surface area contributed by atoms with Crippen LogP contribution in [0.3, 0.4) is 0 Å². The summed E-state index contributed by atoms with van der Waals surface area (Å²) in [4.78, 5) is 10.7. The fourth-order valence-corrected chi connectivity index (χ4v) is 1.46. The molecule has 1 aliphatic heterocycles. The van der Waals surface area contributed by atoms with Crippen LogP contribution in [0.1, 0.15) is 22.5 Å². The second kappa shape index (κ2) is 2.76. The highest BCUT2D eigenvalue weighted by molar-refractivity contribution is 5.87. The Hall–Kier alpha value is -1.52. The van der Waals surface area contributed by atoms with E-state index in [1.165, 1.54) is 0 Å². The maximum atomic E-state index is 10.7. The third-order valence-corrected chi connectivity index (χ3v) is 2.09. The Morgan fingerprint density at radius 2 is 2.46 bits per heavy atom. The Bertz CT molecular complexity index is 357. The number of ether oxygens (including phenoxy) is 1. The molecule has 1 aromatic rings. The summed E-state index contributed by atoms with van der Waals surface area (Å²) in [5.74, 6) is -0.397. The van der Waals surface area contributed by atoms with E-state index in [2.05, 4.69) is 5.10 Å². The van der Waals surface area contributed by atoms with Crippen LogP contribution in [0.2, 0.25) is 0 Å². The highest BCUT2D eigenvalue weighted by Gasteiger charge is 2.22. The van der Waals surface area contributed by atoms with Crippen LogP contribution in [-0.4, -0.2) is 27.5 Å². The number of fused-ring (bicyclic) bond motifs is 1. The molecule has 0 radical (unpaired) electrons. The summed E-state index contributed by atoms with van der Waals surface area (Å²) in [7, 11) is 0. The lowest BCUT2D eigenvalue weighted by Crippen LogP contribution is -2.15. The second-order valence-corrected chi connectivity index (χ2v) is 3.01. The summed E-state index contributed by atoms with van der Waals surface area (Å²) in [6, 6.07) is 0. The second-order valence-electron chi connectivity index (χ2n) is 3.01. The van der Waals surface area contributed by atoms with Gasteiger partial charge in [-0.2, -0.15) is 5.10 Å². The molecule has 1 aliphatic rings. The number of aryl methyl sites for hydroxylation is 1. The lowest BCUT2D eigenvalue weighted by atomic mass is 10.2. The summed E-state index contributed by atoms with van der Waals surface area (Å²) in [6.45, 7) is 3.10. The minimum Gasteiger partial charge on any atom is -0.478 e. The first-order valence-electron chi connectivity index (χ1n) is 4.13.